The van der Waals surface area contributed by atoms with Gasteiger partial charge >= 0.3 is 6.01 Å². The molecule has 0 bridgehead atoms. The molecule has 234 valence electrons. The first kappa shape index (κ1) is 30.2. The number of nitriles is 1. The predicted octanol–water partition coefficient (Wildman–Crippen LogP) is 3.78. The fourth-order valence-corrected chi connectivity index (χ4v) is 7.64. The molecule has 2 aromatic rings. The fourth-order valence-electron chi connectivity index (χ4n) is 7.64. The molecule has 0 saturated carbocycles. The average molecular weight is 600 g/mol. The van der Waals surface area contributed by atoms with Gasteiger partial charge in [0, 0.05) is 62.0 Å². The monoisotopic (exact) mass is 599 g/mol. The Hall–Kier alpha value is -3.84. The minimum absolute atomic E-state index is 0.128. The summed E-state index contributed by atoms with van der Waals surface area (Å²) in [6.45, 7) is 11.3. The standard InChI is InChI=1S/C34H45N7O3/c1-4-32(42)41-19-18-39(22-26(41)14-15-35)33-29-13-11-25(40-17-6-8-24-10-12-28(43-3)21-31(24)40)20-30(29)36-34(37-33)44-23-27-9-7-16-38(27)5-2/h4,10,12,21,25-27H,1,5-9,11,13-14,16-20,22-23H2,2-3H3/t25?,26-,27-/m0/s1. The smallest absolute Gasteiger partial charge is 0.318 e. The molecule has 3 aliphatic heterocycles. The zero-order valence-corrected chi connectivity index (χ0v) is 26.2. The molecule has 6 rings (SSSR count). The van der Waals surface area contributed by atoms with E-state index in [2.05, 4.69) is 52.5 Å². The molecular formula is C34H45N7O3. The van der Waals surface area contributed by atoms with Gasteiger partial charge in [0.15, 0.2) is 0 Å². The number of likely N-dealkylation sites (N-methyl/N-ethyl adjacent to an activating group) is 1. The van der Waals surface area contributed by atoms with Crippen LogP contribution in [0.5, 0.6) is 11.8 Å². The number of aryl methyl sites for hydroxylation is 1. The van der Waals surface area contributed by atoms with Gasteiger partial charge in [-0.05, 0) is 69.3 Å². The quantitative estimate of drug-likeness (QED) is 0.399. The van der Waals surface area contributed by atoms with Gasteiger partial charge in [0.05, 0.1) is 31.3 Å². The van der Waals surface area contributed by atoms with Gasteiger partial charge in [0.2, 0.25) is 5.91 Å². The summed E-state index contributed by atoms with van der Waals surface area (Å²) >= 11 is 0. The van der Waals surface area contributed by atoms with Gasteiger partial charge in [-0.15, -0.1) is 0 Å². The van der Waals surface area contributed by atoms with Gasteiger partial charge in [-0.3, -0.25) is 9.69 Å². The molecule has 1 aromatic carbocycles. The number of hydrogen-bond acceptors (Lipinski definition) is 9. The topological polar surface area (TPSA) is 98.1 Å². The van der Waals surface area contributed by atoms with Crippen molar-refractivity contribution in [3.05, 3.63) is 47.7 Å². The van der Waals surface area contributed by atoms with Crippen molar-refractivity contribution in [3.63, 3.8) is 0 Å². The molecule has 1 aliphatic carbocycles. The third-order valence-electron chi connectivity index (χ3n) is 9.97. The lowest BCUT2D eigenvalue weighted by Crippen LogP contribution is -2.55. The Balaban J connectivity index is 1.30. The molecule has 4 aliphatic rings. The maximum atomic E-state index is 12.6. The number of carbonyl (C=O) groups excluding carboxylic acids is 1. The zero-order valence-electron chi connectivity index (χ0n) is 26.2. The fraction of sp³-hybridized carbons (Fsp3) is 0.588. The van der Waals surface area contributed by atoms with Crippen LogP contribution in [0.2, 0.25) is 0 Å². The van der Waals surface area contributed by atoms with Gasteiger partial charge in [-0.25, -0.2) is 0 Å². The highest BCUT2D eigenvalue weighted by Gasteiger charge is 2.35. The summed E-state index contributed by atoms with van der Waals surface area (Å²) in [5.41, 5.74) is 4.88. The number of methoxy groups -OCH3 is 1. The van der Waals surface area contributed by atoms with Gasteiger partial charge in [0.1, 0.15) is 18.2 Å². The van der Waals surface area contributed by atoms with Crippen LogP contribution in [-0.4, -0.2) is 96.8 Å². The zero-order chi connectivity index (χ0) is 30.6. The second-order valence-electron chi connectivity index (χ2n) is 12.4. The lowest BCUT2D eigenvalue weighted by molar-refractivity contribution is -0.128. The number of amides is 1. The molecule has 1 unspecified atom stereocenters. The van der Waals surface area contributed by atoms with Crippen molar-refractivity contribution in [2.45, 2.75) is 76.4 Å². The van der Waals surface area contributed by atoms with Gasteiger partial charge in [-0.2, -0.15) is 15.2 Å². The number of piperazine rings is 1. The van der Waals surface area contributed by atoms with Crippen LogP contribution < -0.4 is 19.3 Å². The molecular weight excluding hydrogens is 554 g/mol. The van der Waals surface area contributed by atoms with E-state index in [1.54, 1.807) is 12.0 Å². The highest BCUT2D eigenvalue weighted by Crippen LogP contribution is 2.38. The molecule has 0 N–H and O–H groups in total. The van der Waals surface area contributed by atoms with Crippen LogP contribution in [0.4, 0.5) is 11.5 Å². The number of rotatable bonds is 9. The third-order valence-corrected chi connectivity index (χ3v) is 9.97. The van der Waals surface area contributed by atoms with Crippen molar-refractivity contribution < 1.29 is 14.3 Å². The van der Waals surface area contributed by atoms with E-state index in [1.165, 1.54) is 29.3 Å². The van der Waals surface area contributed by atoms with Crippen LogP contribution in [0.15, 0.2) is 30.9 Å². The van der Waals surface area contributed by atoms with E-state index in [0.29, 0.717) is 44.3 Å². The molecule has 3 atom stereocenters. The van der Waals surface area contributed by atoms with Crippen molar-refractivity contribution in [2.75, 3.05) is 62.8 Å². The van der Waals surface area contributed by atoms with Gasteiger partial charge in [-0.1, -0.05) is 19.6 Å². The van der Waals surface area contributed by atoms with Crippen LogP contribution in [0, 0.1) is 11.3 Å². The number of benzene rings is 1. The Labute approximate surface area is 261 Å². The third kappa shape index (κ3) is 6.07. The molecule has 4 heterocycles. The number of likely N-dealkylation sites (tertiary alicyclic amines) is 1. The van der Waals surface area contributed by atoms with E-state index in [0.717, 1.165) is 75.4 Å². The number of ether oxygens (including phenoxy) is 2. The molecule has 10 nitrogen and oxygen atoms in total. The number of aromatic nitrogens is 2. The van der Waals surface area contributed by atoms with E-state index in [1.807, 2.05) is 0 Å². The molecule has 1 amide bonds. The largest absolute Gasteiger partial charge is 0.497 e. The van der Waals surface area contributed by atoms with Crippen LogP contribution in [0.25, 0.3) is 0 Å². The van der Waals surface area contributed by atoms with E-state index in [4.69, 9.17) is 19.4 Å². The van der Waals surface area contributed by atoms with Crippen molar-refractivity contribution in [1.82, 2.24) is 19.8 Å². The Kier molecular flexibility index (Phi) is 9.22. The average Bonchev–Trinajstić information content (AvgIpc) is 3.53. The second kappa shape index (κ2) is 13.4. The maximum Gasteiger partial charge on any atom is 0.318 e. The summed E-state index contributed by atoms with van der Waals surface area (Å²) in [7, 11) is 1.73. The normalized spacial score (nSPS) is 23.5. The van der Waals surface area contributed by atoms with E-state index in [9.17, 15) is 10.1 Å². The number of hydrogen-bond donors (Lipinski definition) is 0. The lowest BCUT2D eigenvalue weighted by Gasteiger charge is -2.43. The lowest BCUT2D eigenvalue weighted by atomic mass is 9.88. The number of fused-ring (bicyclic) bond motifs is 2. The first-order valence-corrected chi connectivity index (χ1v) is 16.3. The minimum atomic E-state index is -0.220. The molecule has 10 heteroatoms. The second-order valence-corrected chi connectivity index (χ2v) is 12.4. The molecule has 44 heavy (non-hydrogen) atoms. The van der Waals surface area contributed by atoms with Crippen molar-refractivity contribution >= 4 is 17.4 Å². The summed E-state index contributed by atoms with van der Waals surface area (Å²) in [6, 6.07) is 9.65. The summed E-state index contributed by atoms with van der Waals surface area (Å²) in [5.74, 6) is 1.66. The SMILES string of the molecule is C=CC(=O)N1CCN(c2nc(OC[C@@H]3CCCN3CC)nc3c2CCC(N2CCCc4ccc(OC)cc42)C3)C[C@@H]1CC#N. The Morgan fingerprint density at radius 2 is 2.02 bits per heavy atom. The highest BCUT2D eigenvalue weighted by molar-refractivity contribution is 5.87. The summed E-state index contributed by atoms with van der Waals surface area (Å²) < 4.78 is 12.0. The highest BCUT2D eigenvalue weighted by atomic mass is 16.5. The molecule has 1 aromatic heterocycles. The Morgan fingerprint density at radius 1 is 1.14 bits per heavy atom. The van der Waals surface area contributed by atoms with Crippen LogP contribution in [-0.2, 0) is 24.1 Å². The first-order chi connectivity index (χ1) is 21.5. The summed E-state index contributed by atoms with van der Waals surface area (Å²) in [4.78, 5) is 31.7. The Bertz CT molecular complexity index is 1410. The van der Waals surface area contributed by atoms with Crippen molar-refractivity contribution in [2.24, 2.45) is 0 Å². The van der Waals surface area contributed by atoms with Crippen LogP contribution in [0.3, 0.4) is 0 Å². The van der Waals surface area contributed by atoms with Crippen molar-refractivity contribution in [3.8, 4) is 17.8 Å². The molecule has 2 saturated heterocycles. The summed E-state index contributed by atoms with van der Waals surface area (Å²) in [5, 5.41) is 9.56. The summed E-state index contributed by atoms with van der Waals surface area (Å²) in [6.07, 6.45) is 8.84. The molecule has 2 fully saturated rings. The number of nitrogens with zero attached hydrogens (tertiary/aromatic N) is 7. The van der Waals surface area contributed by atoms with Gasteiger partial charge in [0.25, 0.3) is 0 Å². The first-order valence-electron chi connectivity index (χ1n) is 16.3. The van der Waals surface area contributed by atoms with Gasteiger partial charge < -0.3 is 24.2 Å². The predicted molar refractivity (Wildman–Crippen MR) is 170 cm³/mol. The molecule has 0 spiro atoms. The number of anilines is 2. The van der Waals surface area contributed by atoms with E-state index in [-0.39, 0.29) is 18.4 Å². The Morgan fingerprint density at radius 3 is 2.82 bits per heavy atom. The molecule has 0 radical (unpaired) electrons. The number of carbonyl (C=O) groups is 1. The minimum Gasteiger partial charge on any atom is -0.497 e. The van der Waals surface area contributed by atoms with E-state index >= 15 is 0 Å². The van der Waals surface area contributed by atoms with E-state index < -0.39 is 0 Å². The van der Waals surface area contributed by atoms with Crippen LogP contribution in [0.1, 0.15) is 55.8 Å². The maximum absolute atomic E-state index is 12.6. The van der Waals surface area contributed by atoms with Crippen LogP contribution >= 0.6 is 0 Å². The van der Waals surface area contributed by atoms with Crippen molar-refractivity contribution in [1.29, 1.82) is 5.26 Å².